The molecule has 0 bridgehead atoms. The highest BCUT2D eigenvalue weighted by molar-refractivity contribution is 7.84. The van der Waals surface area contributed by atoms with Crippen LogP contribution in [0.3, 0.4) is 0 Å². The van der Waals surface area contributed by atoms with E-state index in [-0.39, 0.29) is 11.3 Å². The van der Waals surface area contributed by atoms with Crippen LogP contribution >= 0.6 is 18.5 Å². The fraction of sp³-hybridized carbons (Fsp3) is 0.0476. The van der Waals surface area contributed by atoms with Crippen LogP contribution in [0.5, 0.6) is 0 Å². The number of allylic oxidation sites excluding steroid dienone is 2. The van der Waals surface area contributed by atoms with Gasteiger partial charge in [0.15, 0.2) is 0 Å². The molecule has 0 heterocycles. The van der Waals surface area contributed by atoms with Crippen molar-refractivity contribution in [2.45, 2.75) is 11.3 Å². The maximum Gasteiger partial charge on any atom is 0.0377 e. The topological polar surface area (TPSA) is 0 Å². The molecule has 0 N–H and O–H groups in total. The van der Waals surface area contributed by atoms with Crippen molar-refractivity contribution in [3.8, 4) is 44.5 Å². The number of fused-ring (bicyclic) bond motifs is 2. The first-order valence-electron chi connectivity index (χ1n) is 15.1. The third-order valence-electron chi connectivity index (χ3n) is 8.91. The molecule has 0 aromatic heterocycles. The molecule has 8 rings (SSSR count). The molecule has 0 nitrogen and oxygen atoms in total. The molecule has 0 radical (unpaired) electrons. The van der Waals surface area contributed by atoms with E-state index in [4.69, 9.17) is 11.2 Å². The molecule has 2 unspecified atom stereocenters. The number of benzene rings is 6. The molecule has 44 heavy (non-hydrogen) atoms. The highest BCUT2D eigenvalue weighted by Crippen LogP contribution is 2.70. The average Bonchev–Trinajstić information content (AvgIpc) is 3.74. The molecule has 0 aliphatic heterocycles. The summed E-state index contributed by atoms with van der Waals surface area (Å²) in [5.41, 5.74) is 15.6. The van der Waals surface area contributed by atoms with Crippen molar-refractivity contribution in [3.63, 3.8) is 0 Å². The lowest BCUT2D eigenvalue weighted by Gasteiger charge is -2.26. The largest absolute Gasteiger partial charge is 0.0945 e. The SMILES string of the molecule is ClP(C1C=Cc2c1ccc(-c1ccccc1)c2-c1ccccc1)C1C=Cc2c1ccc(-c1ccccc1)c2-c1ccccc1. The molecule has 2 aliphatic rings. The molecule has 2 atom stereocenters. The average molecular weight is 601 g/mol. The van der Waals surface area contributed by atoms with E-state index in [1.807, 2.05) is 0 Å². The minimum atomic E-state index is -0.948. The molecule has 2 heteroatoms. The van der Waals surface area contributed by atoms with E-state index >= 15 is 0 Å². The minimum absolute atomic E-state index is 0.170. The molecule has 210 valence electrons. The molecule has 6 aromatic rings. The Morgan fingerprint density at radius 1 is 0.386 bits per heavy atom. The second kappa shape index (κ2) is 11.5. The van der Waals surface area contributed by atoms with Gasteiger partial charge >= 0.3 is 0 Å². The van der Waals surface area contributed by atoms with Crippen LogP contribution in [-0.2, 0) is 0 Å². The Morgan fingerprint density at radius 3 is 1.09 bits per heavy atom. The van der Waals surface area contributed by atoms with Crippen LogP contribution in [0.1, 0.15) is 33.6 Å². The fourth-order valence-corrected chi connectivity index (χ4v) is 9.73. The smallest absolute Gasteiger partial charge is 0.0377 e. The van der Waals surface area contributed by atoms with Crippen molar-refractivity contribution in [2.75, 3.05) is 0 Å². The summed E-state index contributed by atoms with van der Waals surface area (Å²) >= 11 is 7.62. The van der Waals surface area contributed by atoms with Crippen LogP contribution < -0.4 is 0 Å². The first kappa shape index (κ1) is 27.1. The van der Waals surface area contributed by atoms with Gasteiger partial charge in [0.2, 0.25) is 0 Å². The number of halogens is 1. The summed E-state index contributed by atoms with van der Waals surface area (Å²) in [4.78, 5) is 0. The fourth-order valence-electron chi connectivity index (χ4n) is 6.88. The van der Waals surface area contributed by atoms with Crippen LogP contribution in [0.4, 0.5) is 0 Å². The highest BCUT2D eigenvalue weighted by Gasteiger charge is 2.35. The van der Waals surface area contributed by atoms with Crippen molar-refractivity contribution >= 4 is 30.7 Å². The monoisotopic (exact) mass is 600 g/mol. The summed E-state index contributed by atoms with van der Waals surface area (Å²) in [6, 6.07) is 52.2. The van der Waals surface area contributed by atoms with Gasteiger partial charge in [-0.15, -0.1) is 0 Å². The van der Waals surface area contributed by atoms with E-state index in [2.05, 4.69) is 170 Å². The van der Waals surface area contributed by atoms with E-state index in [1.165, 1.54) is 66.8 Å². The van der Waals surface area contributed by atoms with Gasteiger partial charge < -0.3 is 0 Å². The number of hydrogen-bond acceptors (Lipinski definition) is 0. The first-order valence-corrected chi connectivity index (χ1v) is 17.5. The van der Waals surface area contributed by atoms with Crippen LogP contribution in [-0.4, -0.2) is 0 Å². The van der Waals surface area contributed by atoms with E-state index in [9.17, 15) is 0 Å². The Hall–Kier alpha value is -4.48. The summed E-state index contributed by atoms with van der Waals surface area (Å²) in [6.07, 6.45) is 9.35. The zero-order chi connectivity index (χ0) is 29.5. The Morgan fingerprint density at radius 2 is 0.727 bits per heavy atom. The van der Waals surface area contributed by atoms with E-state index < -0.39 is 7.27 Å². The molecule has 0 saturated carbocycles. The molecule has 0 spiro atoms. The minimum Gasteiger partial charge on any atom is -0.0945 e. The van der Waals surface area contributed by atoms with Gasteiger partial charge in [-0.05, 0) is 66.8 Å². The predicted molar refractivity (Wildman–Crippen MR) is 191 cm³/mol. The number of rotatable bonds is 6. The molecule has 6 aromatic carbocycles. The summed E-state index contributed by atoms with van der Waals surface area (Å²) < 4.78 is 0. The maximum absolute atomic E-state index is 7.62. The molecule has 0 fully saturated rings. The van der Waals surface area contributed by atoms with Crippen molar-refractivity contribution < 1.29 is 0 Å². The molecule has 0 saturated heterocycles. The molecular weight excluding hydrogens is 571 g/mol. The summed E-state index contributed by atoms with van der Waals surface area (Å²) in [7, 11) is -0.948. The van der Waals surface area contributed by atoms with Gasteiger partial charge in [0.25, 0.3) is 0 Å². The second-order valence-electron chi connectivity index (χ2n) is 11.4. The maximum atomic E-state index is 7.62. The molecule has 0 amide bonds. The normalized spacial score (nSPS) is 16.9. The zero-order valence-corrected chi connectivity index (χ0v) is 25.8. The predicted octanol–water partition coefficient (Wildman–Crippen LogP) is 12.8. The van der Waals surface area contributed by atoms with Crippen LogP contribution in [0.25, 0.3) is 56.7 Å². The third kappa shape index (κ3) is 4.67. The van der Waals surface area contributed by atoms with Gasteiger partial charge in [0, 0.05) is 18.6 Å². The van der Waals surface area contributed by atoms with Gasteiger partial charge in [-0.1, -0.05) is 181 Å². The Kier molecular flexibility index (Phi) is 7.11. The Balaban J connectivity index is 1.21. The van der Waals surface area contributed by atoms with Gasteiger partial charge in [-0.2, -0.15) is 0 Å². The standard InChI is InChI=1S/C42H30ClP/c43-44(39-27-25-37-35(39)23-21-33(29-13-5-1-6-14-29)41(37)31-17-9-3-10-18-31)40-28-26-38-36(40)24-22-34(30-15-7-2-8-16-30)42(38)32-19-11-4-12-20-32/h1-28,39-40H. The van der Waals surface area contributed by atoms with E-state index in [0.29, 0.717) is 0 Å². The van der Waals surface area contributed by atoms with Gasteiger partial charge in [0.1, 0.15) is 0 Å². The summed E-state index contributed by atoms with van der Waals surface area (Å²) in [5, 5.41) is 0. The van der Waals surface area contributed by atoms with Crippen LogP contribution in [0, 0.1) is 0 Å². The highest BCUT2D eigenvalue weighted by atomic mass is 35.7. The quantitative estimate of drug-likeness (QED) is 0.167. The van der Waals surface area contributed by atoms with Gasteiger partial charge in [-0.25, -0.2) is 0 Å². The zero-order valence-electron chi connectivity index (χ0n) is 24.1. The van der Waals surface area contributed by atoms with Gasteiger partial charge in [-0.3, -0.25) is 0 Å². The number of hydrogen-bond donors (Lipinski definition) is 0. The van der Waals surface area contributed by atoms with Crippen molar-refractivity contribution in [1.82, 2.24) is 0 Å². The molecule has 2 aliphatic carbocycles. The summed E-state index contributed by atoms with van der Waals surface area (Å²) in [5.74, 6) is 0. The first-order chi connectivity index (χ1) is 21.8. The van der Waals surface area contributed by atoms with Crippen molar-refractivity contribution in [2.24, 2.45) is 0 Å². The third-order valence-corrected chi connectivity index (χ3v) is 12.1. The second-order valence-corrected chi connectivity index (χ2v) is 14.4. The lowest BCUT2D eigenvalue weighted by atomic mass is 9.89. The van der Waals surface area contributed by atoms with Gasteiger partial charge in [0.05, 0.1) is 0 Å². The summed E-state index contributed by atoms with van der Waals surface area (Å²) in [6.45, 7) is 0. The van der Waals surface area contributed by atoms with Crippen molar-refractivity contribution in [1.29, 1.82) is 0 Å². The van der Waals surface area contributed by atoms with Crippen LogP contribution in [0.2, 0.25) is 0 Å². The lowest BCUT2D eigenvalue weighted by Crippen LogP contribution is -1.99. The Bertz CT molecular complexity index is 1860. The molecular formula is C42H30ClP. The Labute approximate surface area is 265 Å². The van der Waals surface area contributed by atoms with Crippen LogP contribution in [0.15, 0.2) is 158 Å². The lowest BCUT2D eigenvalue weighted by molar-refractivity contribution is 1.17. The van der Waals surface area contributed by atoms with E-state index in [0.717, 1.165) is 0 Å². The van der Waals surface area contributed by atoms with Crippen molar-refractivity contribution in [3.05, 3.63) is 180 Å². The van der Waals surface area contributed by atoms with E-state index in [1.54, 1.807) is 0 Å².